The number of Topliss-reactive ketones (excluding diaryl/α,β-unsaturated/α-hetero) is 1. The lowest BCUT2D eigenvalue weighted by Crippen LogP contribution is -2.27. The zero-order chi connectivity index (χ0) is 23.4. The van der Waals surface area contributed by atoms with E-state index in [0.29, 0.717) is 42.5 Å². The first-order valence-corrected chi connectivity index (χ1v) is 12.9. The fraction of sp³-hybridized carbons (Fsp3) is 0.379. The number of benzene rings is 2. The molecule has 0 radical (unpaired) electrons. The Morgan fingerprint density at radius 1 is 0.818 bits per heavy atom. The molecule has 6 rings (SSSR count). The molecule has 0 N–H and O–H groups in total. The summed E-state index contributed by atoms with van der Waals surface area (Å²) in [5.74, 6) is 2.42. The van der Waals surface area contributed by atoms with Crippen molar-refractivity contribution in [3.63, 3.8) is 0 Å². The average Bonchev–Trinajstić information content (AvgIpc) is 3.54. The third-order valence-corrected chi connectivity index (χ3v) is 7.73. The van der Waals surface area contributed by atoms with Gasteiger partial charge in [-0.15, -0.1) is 13.2 Å². The Morgan fingerprint density at radius 3 is 2.09 bits per heavy atom. The average molecular weight is 506 g/mol. The SMILES string of the molecule is C=CCBr.C=CCN1C(=O)C[C@H]2Cc3ccccc3[C@H]21.O=C1C[C@H]2Cc3ccccc3[C@H]2C1. The molecule has 2 fully saturated rings. The second kappa shape index (κ2) is 10.6. The van der Waals surface area contributed by atoms with Crippen LogP contribution >= 0.6 is 15.9 Å². The number of allylic oxidation sites excluding steroid dienone is 1. The molecule has 1 aliphatic heterocycles. The second-order valence-corrected chi connectivity index (χ2v) is 9.95. The standard InChI is InChI=1S/C14H15NO.C12H12O.C3H5Br/c1-2-7-15-13(16)9-11-8-10-5-3-4-6-12(10)14(11)15;13-10-6-9-5-8-3-1-2-4-11(8)12(9)7-10;1-2-3-4/h2-6,11,14H,1,7-9H2;1-4,9,12H,5-7H2;2H,1,3H2/t11-,14+;9-,12+;/m11./s1. The van der Waals surface area contributed by atoms with Crippen LogP contribution in [0.3, 0.4) is 0 Å². The predicted octanol–water partition coefficient (Wildman–Crippen LogP) is 6.19. The smallest absolute Gasteiger partial charge is 0.223 e. The quantitative estimate of drug-likeness (QED) is 0.368. The summed E-state index contributed by atoms with van der Waals surface area (Å²) < 4.78 is 0. The van der Waals surface area contributed by atoms with Gasteiger partial charge in [-0.3, -0.25) is 9.59 Å². The van der Waals surface area contributed by atoms with E-state index >= 15 is 0 Å². The number of halogens is 1. The molecule has 2 aromatic rings. The molecule has 0 aromatic heterocycles. The minimum absolute atomic E-state index is 0.282. The summed E-state index contributed by atoms with van der Waals surface area (Å²) in [4.78, 5) is 25.1. The van der Waals surface area contributed by atoms with Crippen LogP contribution in [-0.2, 0) is 22.4 Å². The molecule has 2 aromatic carbocycles. The zero-order valence-corrected chi connectivity index (χ0v) is 20.7. The highest BCUT2D eigenvalue weighted by atomic mass is 79.9. The van der Waals surface area contributed by atoms with E-state index in [1.807, 2.05) is 11.0 Å². The Labute approximate surface area is 205 Å². The van der Waals surface area contributed by atoms with Crippen molar-refractivity contribution < 1.29 is 9.59 Å². The van der Waals surface area contributed by atoms with Gasteiger partial charge >= 0.3 is 0 Å². The van der Waals surface area contributed by atoms with E-state index in [1.165, 1.54) is 22.3 Å². The van der Waals surface area contributed by atoms with Gasteiger partial charge in [0.15, 0.2) is 0 Å². The van der Waals surface area contributed by atoms with Gasteiger partial charge in [-0.2, -0.15) is 0 Å². The van der Waals surface area contributed by atoms with Gasteiger partial charge < -0.3 is 4.90 Å². The lowest BCUT2D eigenvalue weighted by molar-refractivity contribution is -0.128. The lowest BCUT2D eigenvalue weighted by Gasteiger charge is -2.23. The normalized spacial score (nSPS) is 25.7. The summed E-state index contributed by atoms with van der Waals surface area (Å²) in [5.41, 5.74) is 5.68. The molecule has 1 saturated carbocycles. The maximum atomic E-state index is 11.9. The largest absolute Gasteiger partial charge is 0.332 e. The van der Waals surface area contributed by atoms with E-state index in [0.717, 1.165) is 31.0 Å². The lowest BCUT2D eigenvalue weighted by atomic mass is 9.97. The highest BCUT2D eigenvalue weighted by Gasteiger charge is 2.44. The second-order valence-electron chi connectivity index (χ2n) is 9.31. The third-order valence-electron chi connectivity index (χ3n) is 7.27. The number of carbonyl (C=O) groups excluding carboxylic acids is 2. The summed E-state index contributed by atoms with van der Waals surface area (Å²) in [5, 5.41) is 0.896. The van der Waals surface area contributed by atoms with Gasteiger partial charge in [-0.05, 0) is 52.8 Å². The van der Waals surface area contributed by atoms with Crippen LogP contribution in [0.15, 0.2) is 73.8 Å². The summed E-state index contributed by atoms with van der Waals surface area (Å²) in [6.45, 7) is 7.84. The summed E-state index contributed by atoms with van der Waals surface area (Å²) in [6, 6.07) is 17.4. The van der Waals surface area contributed by atoms with Crippen molar-refractivity contribution in [2.75, 3.05) is 11.9 Å². The number of hydrogen-bond acceptors (Lipinski definition) is 2. The van der Waals surface area contributed by atoms with Crippen molar-refractivity contribution in [1.82, 2.24) is 4.90 Å². The molecular weight excluding hydrogens is 474 g/mol. The van der Waals surface area contributed by atoms with Crippen LogP contribution < -0.4 is 0 Å². The van der Waals surface area contributed by atoms with Crippen molar-refractivity contribution in [1.29, 1.82) is 0 Å². The van der Waals surface area contributed by atoms with Crippen molar-refractivity contribution in [2.45, 2.75) is 44.1 Å². The molecule has 0 bridgehead atoms. The van der Waals surface area contributed by atoms with E-state index in [-0.39, 0.29) is 5.91 Å². The van der Waals surface area contributed by atoms with Gasteiger partial charge in [0.1, 0.15) is 5.78 Å². The maximum absolute atomic E-state index is 11.9. The van der Waals surface area contributed by atoms with Gasteiger partial charge in [0.05, 0.1) is 6.04 Å². The van der Waals surface area contributed by atoms with Crippen molar-refractivity contribution >= 4 is 27.6 Å². The van der Waals surface area contributed by atoms with Gasteiger partial charge in [0.25, 0.3) is 0 Å². The molecule has 4 aliphatic rings. The first kappa shape index (κ1) is 23.7. The number of likely N-dealkylation sites (tertiary alicyclic amines) is 1. The van der Waals surface area contributed by atoms with Crippen molar-refractivity contribution in [3.05, 3.63) is 96.1 Å². The number of hydrogen-bond donors (Lipinski definition) is 0. The van der Waals surface area contributed by atoms with Crippen LogP contribution in [0.4, 0.5) is 0 Å². The van der Waals surface area contributed by atoms with Crippen LogP contribution in [0.2, 0.25) is 0 Å². The molecule has 1 saturated heterocycles. The molecular formula is C29H32BrNO2. The number of rotatable bonds is 3. The Kier molecular flexibility index (Phi) is 7.64. The summed E-state index contributed by atoms with van der Waals surface area (Å²) in [7, 11) is 0. The number of carbonyl (C=O) groups is 2. The molecule has 4 atom stereocenters. The fourth-order valence-corrected chi connectivity index (χ4v) is 5.99. The molecule has 0 unspecified atom stereocenters. The molecule has 1 amide bonds. The van der Waals surface area contributed by atoms with Crippen LogP contribution in [0, 0.1) is 11.8 Å². The minimum atomic E-state index is 0.282. The number of fused-ring (bicyclic) bond motifs is 6. The Balaban J connectivity index is 0.000000138. The molecule has 3 nitrogen and oxygen atoms in total. The number of alkyl halides is 1. The first-order valence-electron chi connectivity index (χ1n) is 11.8. The van der Waals surface area contributed by atoms with Gasteiger partial charge in [0, 0.05) is 31.1 Å². The Morgan fingerprint density at radius 2 is 1.42 bits per heavy atom. The van der Waals surface area contributed by atoms with Gasteiger partial charge in [-0.1, -0.05) is 76.6 Å². The Bertz CT molecular complexity index is 1050. The predicted molar refractivity (Wildman–Crippen MR) is 138 cm³/mol. The zero-order valence-electron chi connectivity index (χ0n) is 19.1. The first-order chi connectivity index (χ1) is 16.1. The number of nitrogens with zero attached hydrogens (tertiary/aromatic N) is 1. The van der Waals surface area contributed by atoms with Crippen molar-refractivity contribution in [2.24, 2.45) is 11.8 Å². The van der Waals surface area contributed by atoms with Gasteiger partial charge in [-0.25, -0.2) is 0 Å². The Hall–Kier alpha value is -2.46. The molecule has 33 heavy (non-hydrogen) atoms. The van der Waals surface area contributed by atoms with E-state index < -0.39 is 0 Å². The minimum Gasteiger partial charge on any atom is -0.332 e. The molecule has 172 valence electrons. The topological polar surface area (TPSA) is 37.4 Å². The van der Waals surface area contributed by atoms with Crippen molar-refractivity contribution in [3.8, 4) is 0 Å². The monoisotopic (exact) mass is 505 g/mol. The van der Waals surface area contributed by atoms with E-state index in [9.17, 15) is 9.59 Å². The van der Waals surface area contributed by atoms with Gasteiger partial charge in [0.2, 0.25) is 5.91 Å². The maximum Gasteiger partial charge on any atom is 0.223 e. The van der Waals surface area contributed by atoms with E-state index in [2.05, 4.69) is 77.6 Å². The highest BCUT2D eigenvalue weighted by molar-refractivity contribution is 9.09. The van der Waals surface area contributed by atoms with Crippen LogP contribution in [0.1, 0.15) is 53.5 Å². The fourth-order valence-electron chi connectivity index (χ4n) is 5.99. The van der Waals surface area contributed by atoms with Crippen LogP contribution in [0.25, 0.3) is 0 Å². The van der Waals surface area contributed by atoms with E-state index in [4.69, 9.17) is 0 Å². The molecule has 1 heterocycles. The van der Waals surface area contributed by atoms with E-state index in [1.54, 1.807) is 6.08 Å². The number of amides is 1. The highest BCUT2D eigenvalue weighted by Crippen LogP contribution is 2.47. The number of ketones is 1. The third kappa shape index (κ3) is 4.91. The summed E-state index contributed by atoms with van der Waals surface area (Å²) in [6.07, 6.45) is 8.11. The van der Waals surface area contributed by atoms with Crippen LogP contribution in [-0.4, -0.2) is 28.5 Å². The molecule has 0 spiro atoms. The molecule has 4 heteroatoms. The summed E-state index contributed by atoms with van der Waals surface area (Å²) >= 11 is 3.13. The molecule has 3 aliphatic carbocycles. The van der Waals surface area contributed by atoms with Crippen LogP contribution in [0.5, 0.6) is 0 Å².